The van der Waals surface area contributed by atoms with Crippen LogP contribution in [0.5, 0.6) is 17.2 Å². The third kappa shape index (κ3) is 6.63. The molecule has 2 aromatic carbocycles. The van der Waals surface area contributed by atoms with Crippen molar-refractivity contribution in [2.75, 3.05) is 41.5 Å². The summed E-state index contributed by atoms with van der Waals surface area (Å²) in [4.78, 5) is 37.9. The van der Waals surface area contributed by atoms with Crippen LogP contribution in [0.15, 0.2) is 42.5 Å². The fourth-order valence-electron chi connectivity index (χ4n) is 2.72. The zero-order chi connectivity index (χ0) is 22.8. The van der Waals surface area contributed by atoms with Gasteiger partial charge in [0.2, 0.25) is 5.75 Å². The second kappa shape index (κ2) is 11.4. The molecule has 0 aromatic heterocycles. The Hall–Kier alpha value is -3.75. The van der Waals surface area contributed by atoms with Crippen molar-refractivity contribution in [1.29, 1.82) is 0 Å². The SMILES string of the molecule is COc1cc(C(=O)NCC(=O)OCC(=O)N(C)Cc2ccccc2)cc(OC)c1OC. The maximum absolute atomic E-state index is 12.4. The maximum atomic E-state index is 12.4. The maximum Gasteiger partial charge on any atom is 0.325 e. The Morgan fingerprint density at radius 1 is 0.935 bits per heavy atom. The van der Waals surface area contributed by atoms with Crippen LogP contribution in [0.1, 0.15) is 15.9 Å². The third-order valence-electron chi connectivity index (χ3n) is 4.37. The van der Waals surface area contributed by atoms with E-state index in [-0.39, 0.29) is 11.5 Å². The lowest BCUT2D eigenvalue weighted by Crippen LogP contribution is -2.34. The Labute approximate surface area is 180 Å². The molecule has 9 nitrogen and oxygen atoms in total. The van der Waals surface area contributed by atoms with Gasteiger partial charge in [-0.25, -0.2) is 0 Å². The molecule has 0 fully saturated rings. The Morgan fingerprint density at radius 3 is 2.10 bits per heavy atom. The highest BCUT2D eigenvalue weighted by molar-refractivity contribution is 5.97. The number of rotatable bonds is 10. The summed E-state index contributed by atoms with van der Waals surface area (Å²) in [5.41, 5.74) is 1.17. The minimum atomic E-state index is -0.734. The fourth-order valence-corrected chi connectivity index (χ4v) is 2.72. The molecule has 0 aliphatic heterocycles. The lowest BCUT2D eigenvalue weighted by Gasteiger charge is -2.17. The number of likely N-dealkylation sites (N-methyl/N-ethyl adjacent to an activating group) is 1. The van der Waals surface area contributed by atoms with E-state index in [9.17, 15) is 14.4 Å². The van der Waals surface area contributed by atoms with Crippen molar-refractivity contribution in [3.8, 4) is 17.2 Å². The van der Waals surface area contributed by atoms with Crippen LogP contribution in [0, 0.1) is 0 Å². The molecule has 2 amide bonds. The van der Waals surface area contributed by atoms with Crippen LogP contribution in [0.4, 0.5) is 0 Å². The molecule has 0 spiro atoms. The van der Waals surface area contributed by atoms with Crippen molar-refractivity contribution in [3.05, 3.63) is 53.6 Å². The highest BCUT2D eigenvalue weighted by Crippen LogP contribution is 2.38. The number of nitrogens with zero attached hydrogens (tertiary/aromatic N) is 1. The van der Waals surface area contributed by atoms with Gasteiger partial charge >= 0.3 is 5.97 Å². The van der Waals surface area contributed by atoms with Crippen molar-refractivity contribution in [3.63, 3.8) is 0 Å². The first-order valence-electron chi connectivity index (χ1n) is 9.41. The number of hydrogen-bond acceptors (Lipinski definition) is 7. The molecule has 0 heterocycles. The lowest BCUT2D eigenvalue weighted by atomic mass is 10.1. The predicted molar refractivity (Wildman–Crippen MR) is 112 cm³/mol. The van der Waals surface area contributed by atoms with Gasteiger partial charge in [0.15, 0.2) is 18.1 Å². The topological polar surface area (TPSA) is 103 Å². The average molecular weight is 430 g/mol. The van der Waals surface area contributed by atoms with Crippen molar-refractivity contribution in [1.82, 2.24) is 10.2 Å². The standard InChI is InChI=1S/C22H26N2O7/c1-24(13-15-8-6-5-7-9-15)19(25)14-31-20(26)12-23-22(27)16-10-17(28-2)21(30-4)18(11-16)29-3/h5-11H,12-14H2,1-4H3,(H,23,27). The number of esters is 1. The molecular weight excluding hydrogens is 404 g/mol. The molecular formula is C22H26N2O7. The molecule has 31 heavy (non-hydrogen) atoms. The number of nitrogens with one attached hydrogen (secondary N) is 1. The van der Waals surface area contributed by atoms with Gasteiger partial charge in [0.25, 0.3) is 11.8 Å². The van der Waals surface area contributed by atoms with Crippen LogP contribution >= 0.6 is 0 Å². The Kier molecular flexibility index (Phi) is 8.68. The van der Waals surface area contributed by atoms with Gasteiger partial charge in [0, 0.05) is 19.2 Å². The van der Waals surface area contributed by atoms with Crippen molar-refractivity contribution >= 4 is 17.8 Å². The van der Waals surface area contributed by atoms with E-state index < -0.39 is 25.0 Å². The van der Waals surface area contributed by atoms with E-state index in [2.05, 4.69) is 5.32 Å². The highest BCUT2D eigenvalue weighted by atomic mass is 16.5. The Bertz CT molecular complexity index is 890. The van der Waals surface area contributed by atoms with Gasteiger partial charge in [-0.1, -0.05) is 30.3 Å². The zero-order valence-corrected chi connectivity index (χ0v) is 18.0. The molecule has 0 aliphatic rings. The third-order valence-corrected chi connectivity index (χ3v) is 4.37. The van der Waals surface area contributed by atoms with Crippen LogP contribution in [0.3, 0.4) is 0 Å². The van der Waals surface area contributed by atoms with Crippen LogP contribution in [0.25, 0.3) is 0 Å². The van der Waals surface area contributed by atoms with E-state index in [1.54, 1.807) is 7.05 Å². The monoisotopic (exact) mass is 430 g/mol. The van der Waals surface area contributed by atoms with Crippen LogP contribution < -0.4 is 19.5 Å². The van der Waals surface area contributed by atoms with E-state index in [1.165, 1.54) is 38.4 Å². The Balaban J connectivity index is 1.85. The van der Waals surface area contributed by atoms with Crippen LogP contribution in [-0.4, -0.2) is 64.2 Å². The van der Waals surface area contributed by atoms with Crippen molar-refractivity contribution in [2.45, 2.75) is 6.54 Å². The summed E-state index contributed by atoms with van der Waals surface area (Å²) in [6.07, 6.45) is 0. The average Bonchev–Trinajstić information content (AvgIpc) is 2.80. The minimum Gasteiger partial charge on any atom is -0.493 e. The second-order valence-electron chi connectivity index (χ2n) is 6.49. The summed E-state index contributed by atoms with van der Waals surface area (Å²) in [7, 11) is 5.94. The summed E-state index contributed by atoms with van der Waals surface area (Å²) in [6, 6.07) is 12.4. The Morgan fingerprint density at radius 2 is 1.55 bits per heavy atom. The molecule has 2 rings (SSSR count). The zero-order valence-electron chi connectivity index (χ0n) is 18.0. The number of hydrogen-bond donors (Lipinski definition) is 1. The predicted octanol–water partition coefficient (Wildman–Crippen LogP) is 1.64. The molecule has 0 aliphatic carbocycles. The van der Waals surface area contributed by atoms with E-state index in [0.717, 1.165) is 5.56 Å². The number of carbonyl (C=O) groups excluding carboxylic acids is 3. The molecule has 0 atom stereocenters. The lowest BCUT2D eigenvalue weighted by molar-refractivity contribution is -0.150. The van der Waals surface area contributed by atoms with E-state index >= 15 is 0 Å². The van der Waals surface area contributed by atoms with Crippen molar-refractivity contribution in [2.24, 2.45) is 0 Å². The molecule has 0 unspecified atom stereocenters. The van der Waals surface area contributed by atoms with Crippen LogP contribution in [0.2, 0.25) is 0 Å². The molecule has 9 heteroatoms. The number of benzene rings is 2. The van der Waals surface area contributed by atoms with Crippen LogP contribution in [-0.2, 0) is 20.9 Å². The smallest absolute Gasteiger partial charge is 0.325 e. The van der Waals surface area contributed by atoms with Crippen molar-refractivity contribution < 1.29 is 33.3 Å². The fraction of sp³-hybridized carbons (Fsp3) is 0.318. The summed E-state index contributed by atoms with van der Waals surface area (Å²) in [6.45, 7) is -0.414. The highest BCUT2D eigenvalue weighted by Gasteiger charge is 2.18. The van der Waals surface area contributed by atoms with Gasteiger partial charge in [-0.2, -0.15) is 0 Å². The second-order valence-corrected chi connectivity index (χ2v) is 6.49. The molecule has 0 saturated heterocycles. The van der Waals surface area contributed by atoms with Gasteiger partial charge in [0.1, 0.15) is 6.54 Å². The van der Waals surface area contributed by atoms with E-state index in [4.69, 9.17) is 18.9 Å². The minimum absolute atomic E-state index is 0.209. The molecule has 0 saturated carbocycles. The van der Waals surface area contributed by atoms with Gasteiger partial charge in [-0.05, 0) is 17.7 Å². The molecule has 0 bridgehead atoms. The van der Waals surface area contributed by atoms with E-state index in [1.807, 2.05) is 30.3 Å². The normalized spacial score (nSPS) is 10.1. The molecule has 2 aromatic rings. The van der Waals surface area contributed by atoms with E-state index in [0.29, 0.717) is 23.8 Å². The van der Waals surface area contributed by atoms with Gasteiger partial charge < -0.3 is 29.2 Å². The first-order valence-corrected chi connectivity index (χ1v) is 9.41. The molecule has 1 N–H and O–H groups in total. The first-order chi connectivity index (χ1) is 14.9. The van der Waals surface area contributed by atoms with Gasteiger partial charge in [-0.3, -0.25) is 14.4 Å². The van der Waals surface area contributed by atoms with Gasteiger partial charge in [0.05, 0.1) is 21.3 Å². The summed E-state index contributed by atoms with van der Waals surface area (Å²) in [5, 5.41) is 2.44. The quantitative estimate of drug-likeness (QED) is 0.572. The molecule has 0 radical (unpaired) electrons. The first kappa shape index (κ1) is 23.5. The number of ether oxygens (including phenoxy) is 4. The summed E-state index contributed by atoms with van der Waals surface area (Å²) >= 11 is 0. The summed E-state index contributed by atoms with van der Waals surface area (Å²) in [5.74, 6) is -0.665. The molecule has 166 valence electrons. The largest absolute Gasteiger partial charge is 0.493 e. The summed E-state index contributed by atoms with van der Waals surface area (Å²) < 4.78 is 20.6. The number of methoxy groups -OCH3 is 3. The van der Waals surface area contributed by atoms with Gasteiger partial charge in [-0.15, -0.1) is 0 Å². The number of amides is 2. The number of carbonyl (C=O) groups is 3.